The van der Waals surface area contributed by atoms with Gasteiger partial charge in [0.2, 0.25) is 0 Å². The van der Waals surface area contributed by atoms with Crippen LogP contribution in [0.5, 0.6) is 0 Å². The lowest BCUT2D eigenvalue weighted by Gasteiger charge is -2.01. The Morgan fingerprint density at radius 2 is 1.82 bits per heavy atom. The van der Waals surface area contributed by atoms with E-state index < -0.39 is 5.97 Å². The number of hydrogen-bond donors (Lipinski definition) is 2. The topological polar surface area (TPSA) is 66.8 Å². The summed E-state index contributed by atoms with van der Waals surface area (Å²) >= 11 is 0. The number of aliphatic hydroxyl groups excluding tert-OH is 2. The number of rotatable bonds is 4. The van der Waals surface area contributed by atoms with Gasteiger partial charge in [0.1, 0.15) is 18.8 Å². The monoisotopic (exact) mass is 158 g/mol. The molecule has 11 heavy (non-hydrogen) atoms. The summed E-state index contributed by atoms with van der Waals surface area (Å²) in [5.41, 5.74) is 0. The number of carbonyl (C=O) groups excluding carboxylic acids is 1. The highest BCUT2D eigenvalue weighted by atomic mass is 16.5. The van der Waals surface area contributed by atoms with Crippen molar-refractivity contribution in [3.63, 3.8) is 0 Å². The fraction of sp³-hybridized carbons (Fsp3) is 0.286. The van der Waals surface area contributed by atoms with Crippen LogP contribution in [0, 0.1) is 0 Å². The molecule has 0 aliphatic carbocycles. The van der Waals surface area contributed by atoms with Gasteiger partial charge in [-0.3, -0.25) is 4.79 Å². The van der Waals surface area contributed by atoms with Gasteiger partial charge in [-0.05, 0) is 0 Å². The summed E-state index contributed by atoms with van der Waals surface area (Å²) in [4.78, 5) is 10.6. The third kappa shape index (κ3) is 6.44. The molecule has 0 aliphatic rings. The van der Waals surface area contributed by atoms with Crippen LogP contribution < -0.4 is 0 Å². The van der Waals surface area contributed by atoms with Crippen molar-refractivity contribution in [1.29, 1.82) is 0 Å². The molecule has 0 unspecified atom stereocenters. The lowest BCUT2D eigenvalue weighted by molar-refractivity contribution is -0.143. The van der Waals surface area contributed by atoms with Crippen LogP contribution in [0.1, 0.15) is 6.42 Å². The Labute approximate surface area is 64.4 Å². The lowest BCUT2D eigenvalue weighted by atomic mass is 10.4. The summed E-state index contributed by atoms with van der Waals surface area (Å²) in [5, 5.41) is 17.0. The minimum atomic E-state index is -0.646. The average molecular weight is 158 g/mol. The van der Waals surface area contributed by atoms with Crippen molar-refractivity contribution in [2.24, 2.45) is 0 Å². The Morgan fingerprint density at radius 3 is 2.18 bits per heavy atom. The van der Waals surface area contributed by atoms with Gasteiger partial charge in [-0.15, -0.1) is 0 Å². The van der Waals surface area contributed by atoms with E-state index in [-0.39, 0.29) is 24.5 Å². The Balaban J connectivity index is 3.53. The molecule has 0 saturated carbocycles. The molecule has 0 saturated heterocycles. The maximum Gasteiger partial charge on any atom is 0.313 e. The molecule has 4 heteroatoms. The molecule has 4 nitrogen and oxygen atoms in total. The molecule has 62 valence electrons. The van der Waals surface area contributed by atoms with Crippen LogP contribution in [0.4, 0.5) is 0 Å². The van der Waals surface area contributed by atoms with E-state index in [2.05, 4.69) is 17.9 Å². The molecule has 0 spiro atoms. The molecule has 0 radical (unpaired) electrons. The van der Waals surface area contributed by atoms with Crippen LogP contribution in [0.2, 0.25) is 0 Å². The molecule has 0 fully saturated rings. The molecule has 0 aromatic rings. The van der Waals surface area contributed by atoms with Crippen LogP contribution in [0.25, 0.3) is 0 Å². The molecule has 0 bridgehead atoms. The molecular formula is C7H10O4. The van der Waals surface area contributed by atoms with Gasteiger partial charge in [-0.2, -0.15) is 0 Å². The van der Waals surface area contributed by atoms with Crippen molar-refractivity contribution < 1.29 is 19.7 Å². The molecular weight excluding hydrogens is 148 g/mol. The first kappa shape index (κ1) is 9.55. The van der Waals surface area contributed by atoms with Gasteiger partial charge in [0.05, 0.1) is 5.76 Å². The van der Waals surface area contributed by atoms with Crippen LogP contribution in [-0.2, 0) is 9.53 Å². The normalized spacial score (nSPS) is 8.73. The number of carbonyl (C=O) groups is 1. The van der Waals surface area contributed by atoms with E-state index in [9.17, 15) is 4.79 Å². The van der Waals surface area contributed by atoms with E-state index in [0.717, 1.165) is 0 Å². The lowest BCUT2D eigenvalue weighted by Crippen LogP contribution is -2.07. The number of aliphatic hydroxyl groups is 2. The highest BCUT2D eigenvalue weighted by molar-refractivity contribution is 5.71. The summed E-state index contributed by atoms with van der Waals surface area (Å²) in [7, 11) is 0. The van der Waals surface area contributed by atoms with Gasteiger partial charge in [0, 0.05) is 0 Å². The zero-order valence-corrected chi connectivity index (χ0v) is 6.04. The van der Waals surface area contributed by atoms with Crippen LogP contribution in [-0.4, -0.2) is 22.8 Å². The van der Waals surface area contributed by atoms with E-state index in [1.54, 1.807) is 0 Å². The van der Waals surface area contributed by atoms with Gasteiger partial charge < -0.3 is 14.9 Å². The number of ether oxygens (including phenoxy) is 1. The van der Waals surface area contributed by atoms with Crippen molar-refractivity contribution in [3.8, 4) is 0 Å². The second-order valence-electron chi connectivity index (χ2n) is 1.97. The third-order valence-corrected chi connectivity index (χ3v) is 0.748. The maximum atomic E-state index is 10.6. The zero-order chi connectivity index (χ0) is 8.85. The van der Waals surface area contributed by atoms with Gasteiger partial charge in [-0.1, -0.05) is 13.2 Å². The first-order valence-electron chi connectivity index (χ1n) is 2.91. The van der Waals surface area contributed by atoms with Crippen LogP contribution in [0.15, 0.2) is 24.7 Å². The van der Waals surface area contributed by atoms with E-state index >= 15 is 0 Å². The SMILES string of the molecule is C=C(O)COC(=O)CC(=C)O. The molecule has 0 aliphatic heterocycles. The van der Waals surface area contributed by atoms with Crippen molar-refractivity contribution in [2.45, 2.75) is 6.42 Å². The summed E-state index contributed by atoms with van der Waals surface area (Å²) in [6.45, 7) is 5.95. The second kappa shape index (κ2) is 4.38. The fourth-order valence-corrected chi connectivity index (χ4v) is 0.381. The third-order valence-electron chi connectivity index (χ3n) is 0.748. The summed E-state index contributed by atoms with van der Waals surface area (Å²) in [6, 6.07) is 0. The Kier molecular flexibility index (Phi) is 3.80. The predicted octanol–water partition coefficient (Wildman–Crippen LogP) is 1.06. The molecule has 0 amide bonds. The number of hydrogen-bond acceptors (Lipinski definition) is 4. The molecule has 0 aromatic heterocycles. The van der Waals surface area contributed by atoms with E-state index in [0.29, 0.717) is 0 Å². The zero-order valence-electron chi connectivity index (χ0n) is 6.04. The summed E-state index contributed by atoms with van der Waals surface area (Å²) in [5.74, 6) is -1.15. The van der Waals surface area contributed by atoms with Gasteiger partial charge in [0.25, 0.3) is 0 Å². The molecule has 0 heterocycles. The standard InChI is InChI=1S/C7H10O4/c1-5(8)3-7(10)11-4-6(2)9/h8-9H,1-4H2. The van der Waals surface area contributed by atoms with Crippen LogP contribution in [0.3, 0.4) is 0 Å². The van der Waals surface area contributed by atoms with Crippen molar-refractivity contribution in [3.05, 3.63) is 24.7 Å². The molecule has 0 rings (SSSR count). The van der Waals surface area contributed by atoms with Crippen LogP contribution >= 0.6 is 0 Å². The quantitative estimate of drug-likeness (QED) is 0.474. The van der Waals surface area contributed by atoms with E-state index in [1.807, 2.05) is 0 Å². The Morgan fingerprint density at radius 1 is 1.27 bits per heavy atom. The minimum Gasteiger partial charge on any atom is -0.512 e. The molecule has 2 N–H and O–H groups in total. The maximum absolute atomic E-state index is 10.6. The second-order valence-corrected chi connectivity index (χ2v) is 1.97. The van der Waals surface area contributed by atoms with E-state index in [1.165, 1.54) is 0 Å². The Hall–Kier alpha value is -1.45. The minimum absolute atomic E-state index is 0.234. The number of esters is 1. The smallest absolute Gasteiger partial charge is 0.313 e. The molecule has 0 atom stereocenters. The van der Waals surface area contributed by atoms with Crippen molar-refractivity contribution in [2.75, 3.05) is 6.61 Å². The largest absolute Gasteiger partial charge is 0.512 e. The average Bonchev–Trinajstić information content (AvgIpc) is 1.82. The summed E-state index contributed by atoms with van der Waals surface area (Å²) in [6.07, 6.45) is -0.257. The first-order valence-corrected chi connectivity index (χ1v) is 2.91. The highest BCUT2D eigenvalue weighted by Crippen LogP contribution is 1.95. The van der Waals surface area contributed by atoms with Gasteiger partial charge in [-0.25, -0.2) is 0 Å². The Bertz CT molecular complexity index is 183. The summed E-state index contributed by atoms with van der Waals surface area (Å²) < 4.78 is 4.40. The first-order chi connectivity index (χ1) is 5.02. The molecule has 0 aromatic carbocycles. The van der Waals surface area contributed by atoms with Gasteiger partial charge in [0.15, 0.2) is 0 Å². The van der Waals surface area contributed by atoms with Crippen molar-refractivity contribution in [1.82, 2.24) is 0 Å². The predicted molar refractivity (Wildman–Crippen MR) is 39.1 cm³/mol. The fourth-order valence-electron chi connectivity index (χ4n) is 0.381. The van der Waals surface area contributed by atoms with Crippen molar-refractivity contribution >= 4 is 5.97 Å². The van der Waals surface area contributed by atoms with Gasteiger partial charge >= 0.3 is 5.97 Å². The van der Waals surface area contributed by atoms with E-state index in [4.69, 9.17) is 10.2 Å². The highest BCUT2D eigenvalue weighted by Gasteiger charge is 2.04.